The van der Waals surface area contributed by atoms with Crippen molar-refractivity contribution in [2.45, 2.75) is 18.6 Å². The number of carbonyl (C=O) groups is 1. The van der Waals surface area contributed by atoms with Crippen LogP contribution in [0.3, 0.4) is 0 Å². The molecule has 1 saturated carbocycles. The molecule has 1 saturated heterocycles. The van der Waals surface area contributed by atoms with Gasteiger partial charge in [-0.15, -0.1) is 0 Å². The second-order valence-electron chi connectivity index (χ2n) is 6.88. The lowest BCUT2D eigenvalue weighted by Crippen LogP contribution is -2.62. The van der Waals surface area contributed by atoms with E-state index in [0.29, 0.717) is 18.1 Å². The van der Waals surface area contributed by atoms with Crippen LogP contribution in [0.4, 0.5) is 0 Å². The van der Waals surface area contributed by atoms with Crippen LogP contribution in [0.2, 0.25) is 0 Å². The highest BCUT2D eigenvalue weighted by Gasteiger charge is 2.54. The van der Waals surface area contributed by atoms with Gasteiger partial charge in [0.15, 0.2) is 0 Å². The fourth-order valence-corrected chi connectivity index (χ4v) is 4.26. The number of nitrogens with one attached hydrogen (secondary N) is 1. The predicted molar refractivity (Wildman–Crippen MR) is 93.7 cm³/mol. The fraction of sp³-hybridized carbons (Fsp3) is 0.474. The van der Waals surface area contributed by atoms with Crippen LogP contribution in [-0.4, -0.2) is 42.9 Å². The number of hydrogen-bond donors (Lipinski definition) is 1. The number of para-hydroxylation sites is 1. The Morgan fingerprint density at radius 1 is 1.40 bits per heavy atom. The lowest BCUT2D eigenvalue weighted by atomic mass is 9.67. The maximum atomic E-state index is 12.9. The third-order valence-electron chi connectivity index (χ3n) is 5.58. The summed E-state index contributed by atoms with van der Waals surface area (Å²) in [6.07, 6.45) is 1.12. The summed E-state index contributed by atoms with van der Waals surface area (Å²) in [6.45, 7) is 1.29. The topological polar surface area (TPSA) is 69.6 Å². The summed E-state index contributed by atoms with van der Waals surface area (Å²) in [7, 11) is 3.38. The number of pyridine rings is 1. The quantitative estimate of drug-likeness (QED) is 0.910. The molecule has 1 aliphatic carbocycles. The summed E-state index contributed by atoms with van der Waals surface area (Å²) < 4.78 is 12.6. The Kier molecular flexibility index (Phi) is 4.09. The first-order chi connectivity index (χ1) is 12.1. The average molecular weight is 342 g/mol. The van der Waals surface area contributed by atoms with Crippen LogP contribution in [0.1, 0.15) is 16.8 Å². The third-order valence-corrected chi connectivity index (χ3v) is 5.58. The second kappa shape index (κ2) is 6.28. The molecule has 1 amide bonds. The van der Waals surface area contributed by atoms with Gasteiger partial charge in [-0.25, -0.2) is 0 Å². The first kappa shape index (κ1) is 16.3. The van der Waals surface area contributed by atoms with Crippen molar-refractivity contribution in [1.82, 2.24) is 9.88 Å². The van der Waals surface area contributed by atoms with Crippen LogP contribution in [0.25, 0.3) is 10.9 Å². The van der Waals surface area contributed by atoms with Crippen LogP contribution >= 0.6 is 0 Å². The SMILES string of the molecule is COC[C@@H]1[C@H](NC(=O)c2cc(=O)n(C)c3ccccc23)[C@H]2CCO[C@H]21. The first-order valence-corrected chi connectivity index (χ1v) is 8.62. The molecule has 1 N–H and O–H groups in total. The van der Waals surface area contributed by atoms with Crippen molar-refractivity contribution < 1.29 is 14.3 Å². The zero-order chi connectivity index (χ0) is 17.6. The number of nitrogens with zero attached hydrogens (tertiary/aromatic N) is 1. The number of amides is 1. The highest BCUT2D eigenvalue weighted by molar-refractivity contribution is 6.06. The van der Waals surface area contributed by atoms with Gasteiger partial charge >= 0.3 is 0 Å². The van der Waals surface area contributed by atoms with Gasteiger partial charge in [0, 0.05) is 50.1 Å². The minimum absolute atomic E-state index is 0.0303. The molecular weight excluding hydrogens is 320 g/mol. The third kappa shape index (κ3) is 2.56. The van der Waals surface area contributed by atoms with E-state index in [2.05, 4.69) is 5.32 Å². The summed E-state index contributed by atoms with van der Waals surface area (Å²) in [6, 6.07) is 8.92. The van der Waals surface area contributed by atoms with Gasteiger partial charge in [-0.3, -0.25) is 9.59 Å². The molecule has 2 aromatic rings. The first-order valence-electron chi connectivity index (χ1n) is 8.62. The fourth-order valence-electron chi connectivity index (χ4n) is 4.26. The van der Waals surface area contributed by atoms with Crippen molar-refractivity contribution in [2.75, 3.05) is 20.3 Å². The van der Waals surface area contributed by atoms with Crippen LogP contribution in [-0.2, 0) is 16.5 Å². The van der Waals surface area contributed by atoms with Crippen molar-refractivity contribution in [3.05, 3.63) is 46.2 Å². The van der Waals surface area contributed by atoms with Crippen LogP contribution in [0.15, 0.2) is 35.1 Å². The molecule has 25 heavy (non-hydrogen) atoms. The number of methoxy groups -OCH3 is 1. The molecule has 1 aromatic heterocycles. The van der Waals surface area contributed by atoms with Gasteiger partial charge < -0.3 is 19.4 Å². The Morgan fingerprint density at radius 2 is 2.20 bits per heavy atom. The number of aromatic nitrogens is 1. The predicted octanol–water partition coefficient (Wildman–Crippen LogP) is 1.32. The Hall–Kier alpha value is -2.18. The summed E-state index contributed by atoms with van der Waals surface area (Å²) >= 11 is 0. The zero-order valence-electron chi connectivity index (χ0n) is 14.4. The number of hydrogen-bond acceptors (Lipinski definition) is 4. The summed E-state index contributed by atoms with van der Waals surface area (Å²) in [5.41, 5.74) is 0.995. The molecule has 1 aliphatic heterocycles. The Balaban J connectivity index is 1.65. The molecular formula is C19H22N2O4. The number of carbonyl (C=O) groups excluding carboxylic acids is 1. The maximum absolute atomic E-state index is 12.9. The number of fused-ring (bicyclic) bond motifs is 2. The van der Waals surface area contributed by atoms with E-state index in [0.717, 1.165) is 23.9 Å². The molecule has 2 heterocycles. The Morgan fingerprint density at radius 3 is 3.00 bits per heavy atom. The minimum Gasteiger partial charge on any atom is -0.384 e. The monoisotopic (exact) mass is 342 g/mol. The Bertz CT molecular complexity index is 875. The molecule has 2 aliphatic rings. The molecule has 0 radical (unpaired) electrons. The summed E-state index contributed by atoms with van der Waals surface area (Å²) in [4.78, 5) is 25.1. The molecule has 4 atom stereocenters. The van der Waals surface area contributed by atoms with E-state index >= 15 is 0 Å². The highest BCUT2D eigenvalue weighted by Crippen LogP contribution is 2.43. The summed E-state index contributed by atoms with van der Waals surface area (Å²) in [5, 5.41) is 3.91. The molecule has 0 spiro atoms. The van der Waals surface area contributed by atoms with Crippen molar-refractivity contribution >= 4 is 16.8 Å². The van der Waals surface area contributed by atoms with E-state index < -0.39 is 0 Å². The molecule has 0 bridgehead atoms. The van der Waals surface area contributed by atoms with E-state index in [1.807, 2.05) is 24.3 Å². The van der Waals surface area contributed by atoms with Crippen LogP contribution in [0, 0.1) is 11.8 Å². The van der Waals surface area contributed by atoms with Gasteiger partial charge in [-0.05, 0) is 12.5 Å². The standard InChI is InChI=1S/C19H22N2O4/c1-21-15-6-4-3-5-11(15)13(9-16(21)22)19(23)20-17-12-7-8-25-18(12)14(17)10-24-2/h3-6,9,12,14,17-18H,7-8,10H2,1-2H3,(H,20,23)/t12-,14-,17-,18-/m1/s1. The lowest BCUT2D eigenvalue weighted by Gasteiger charge is -2.47. The van der Waals surface area contributed by atoms with Gasteiger partial charge in [-0.1, -0.05) is 18.2 Å². The van der Waals surface area contributed by atoms with E-state index in [9.17, 15) is 9.59 Å². The van der Waals surface area contributed by atoms with Crippen molar-refractivity contribution in [2.24, 2.45) is 18.9 Å². The van der Waals surface area contributed by atoms with Crippen LogP contribution in [0.5, 0.6) is 0 Å². The maximum Gasteiger partial charge on any atom is 0.252 e. The number of ether oxygens (including phenoxy) is 2. The van der Waals surface area contributed by atoms with E-state index in [-0.39, 0.29) is 29.5 Å². The number of benzene rings is 1. The van der Waals surface area contributed by atoms with Crippen molar-refractivity contribution in [3.8, 4) is 0 Å². The van der Waals surface area contributed by atoms with E-state index in [1.54, 1.807) is 18.7 Å². The van der Waals surface area contributed by atoms with Crippen LogP contribution < -0.4 is 10.9 Å². The molecule has 0 unspecified atom stereocenters. The van der Waals surface area contributed by atoms with Gasteiger partial charge in [0.05, 0.1) is 23.8 Å². The lowest BCUT2D eigenvalue weighted by molar-refractivity contribution is -0.0809. The van der Waals surface area contributed by atoms with E-state index in [4.69, 9.17) is 9.47 Å². The second-order valence-corrected chi connectivity index (χ2v) is 6.88. The molecule has 4 rings (SSSR count). The molecule has 132 valence electrons. The zero-order valence-corrected chi connectivity index (χ0v) is 14.4. The summed E-state index contributed by atoms with van der Waals surface area (Å²) in [5.74, 6) is 0.298. The number of aryl methyl sites for hydroxylation is 1. The van der Waals surface area contributed by atoms with Gasteiger partial charge in [0.25, 0.3) is 11.5 Å². The largest absolute Gasteiger partial charge is 0.384 e. The van der Waals surface area contributed by atoms with Crippen molar-refractivity contribution in [3.63, 3.8) is 0 Å². The molecule has 6 nitrogen and oxygen atoms in total. The molecule has 2 fully saturated rings. The minimum atomic E-state index is -0.203. The van der Waals surface area contributed by atoms with Gasteiger partial charge in [0.1, 0.15) is 0 Å². The smallest absolute Gasteiger partial charge is 0.252 e. The van der Waals surface area contributed by atoms with E-state index in [1.165, 1.54) is 6.07 Å². The molecule has 1 aromatic carbocycles. The van der Waals surface area contributed by atoms with Crippen molar-refractivity contribution in [1.29, 1.82) is 0 Å². The number of rotatable bonds is 4. The van der Waals surface area contributed by atoms with Gasteiger partial charge in [-0.2, -0.15) is 0 Å². The normalized spacial score (nSPS) is 27.8. The molecule has 6 heteroatoms. The van der Waals surface area contributed by atoms with Gasteiger partial charge in [0.2, 0.25) is 0 Å². The Labute approximate surface area is 145 Å². The average Bonchev–Trinajstić information content (AvgIpc) is 3.05. The highest BCUT2D eigenvalue weighted by atomic mass is 16.5.